The van der Waals surface area contributed by atoms with Gasteiger partial charge in [0.25, 0.3) is 0 Å². The molecular weight excluding hydrogens is 272 g/mol. The fourth-order valence-electron chi connectivity index (χ4n) is 1.65. The fraction of sp³-hybridized carbons (Fsp3) is 0.538. The van der Waals surface area contributed by atoms with E-state index in [2.05, 4.69) is 0 Å². The SMILES string of the molecule is COc1cccc(S(=O)(=O)CCCCCCCl)c1. The first-order chi connectivity index (χ1) is 8.60. The lowest BCUT2D eigenvalue weighted by Crippen LogP contribution is -2.07. The largest absolute Gasteiger partial charge is 0.497 e. The standard InChI is InChI=1S/C13H19ClO3S/c1-17-12-7-6-8-13(11-12)18(15,16)10-5-3-2-4-9-14/h6-8,11H,2-5,9-10H2,1H3. The fourth-order valence-corrected chi connectivity index (χ4v) is 3.24. The summed E-state index contributed by atoms with van der Waals surface area (Å²) in [6, 6.07) is 6.60. The van der Waals surface area contributed by atoms with Crippen LogP contribution in [0.1, 0.15) is 25.7 Å². The monoisotopic (exact) mass is 290 g/mol. The molecule has 0 atom stereocenters. The second-order valence-electron chi connectivity index (χ2n) is 4.10. The first-order valence-corrected chi connectivity index (χ1v) is 8.21. The van der Waals surface area contributed by atoms with Gasteiger partial charge in [0.2, 0.25) is 0 Å². The summed E-state index contributed by atoms with van der Waals surface area (Å²) < 4.78 is 29.1. The third kappa shape index (κ3) is 4.86. The lowest BCUT2D eigenvalue weighted by Gasteiger charge is -2.06. The highest BCUT2D eigenvalue weighted by Crippen LogP contribution is 2.19. The summed E-state index contributed by atoms with van der Waals surface area (Å²) in [6.45, 7) is 0. The number of unbranched alkanes of at least 4 members (excludes halogenated alkanes) is 3. The molecule has 0 fully saturated rings. The molecule has 0 N–H and O–H groups in total. The van der Waals surface area contributed by atoms with Crippen molar-refractivity contribution in [3.8, 4) is 5.75 Å². The Morgan fingerprint density at radius 1 is 1.17 bits per heavy atom. The minimum absolute atomic E-state index is 0.183. The summed E-state index contributed by atoms with van der Waals surface area (Å²) in [6.07, 6.45) is 3.50. The molecule has 0 aliphatic heterocycles. The predicted molar refractivity (Wildman–Crippen MR) is 74.2 cm³/mol. The predicted octanol–water partition coefficient (Wildman–Crippen LogP) is 3.27. The van der Waals surface area contributed by atoms with Gasteiger partial charge in [-0.2, -0.15) is 0 Å². The van der Waals surface area contributed by atoms with Crippen LogP contribution in [-0.2, 0) is 9.84 Å². The van der Waals surface area contributed by atoms with Gasteiger partial charge in [0.05, 0.1) is 17.8 Å². The van der Waals surface area contributed by atoms with Gasteiger partial charge in [-0.25, -0.2) is 8.42 Å². The number of methoxy groups -OCH3 is 1. The number of hydrogen-bond donors (Lipinski definition) is 0. The molecule has 0 radical (unpaired) electrons. The molecule has 1 aromatic rings. The van der Waals surface area contributed by atoms with Crippen molar-refractivity contribution in [3.05, 3.63) is 24.3 Å². The summed E-state index contributed by atoms with van der Waals surface area (Å²) >= 11 is 5.57. The smallest absolute Gasteiger partial charge is 0.178 e. The first-order valence-electron chi connectivity index (χ1n) is 6.03. The van der Waals surface area contributed by atoms with E-state index in [1.807, 2.05) is 0 Å². The zero-order valence-electron chi connectivity index (χ0n) is 10.6. The van der Waals surface area contributed by atoms with Crippen LogP contribution >= 0.6 is 11.6 Å². The molecule has 0 spiro atoms. The Morgan fingerprint density at radius 2 is 1.89 bits per heavy atom. The summed E-state index contributed by atoms with van der Waals surface area (Å²) in [5.41, 5.74) is 0. The van der Waals surface area contributed by atoms with Crippen LogP contribution in [0, 0.1) is 0 Å². The van der Waals surface area contributed by atoms with Gasteiger partial charge in [0.1, 0.15) is 5.75 Å². The number of hydrogen-bond acceptors (Lipinski definition) is 3. The van der Waals surface area contributed by atoms with Gasteiger partial charge in [0.15, 0.2) is 9.84 Å². The zero-order chi connectivity index (χ0) is 13.4. The molecule has 0 bridgehead atoms. The number of rotatable bonds is 8. The van der Waals surface area contributed by atoms with Crippen molar-refractivity contribution in [2.24, 2.45) is 0 Å². The Balaban J connectivity index is 2.57. The molecule has 0 aliphatic carbocycles. The van der Waals surface area contributed by atoms with Crippen molar-refractivity contribution >= 4 is 21.4 Å². The average molecular weight is 291 g/mol. The Bertz CT molecular complexity index is 457. The van der Waals surface area contributed by atoms with Crippen LogP contribution < -0.4 is 4.74 Å². The van der Waals surface area contributed by atoms with Crippen molar-refractivity contribution in [1.82, 2.24) is 0 Å². The molecule has 5 heteroatoms. The zero-order valence-corrected chi connectivity index (χ0v) is 12.1. The third-order valence-electron chi connectivity index (χ3n) is 2.70. The molecule has 3 nitrogen and oxygen atoms in total. The van der Waals surface area contributed by atoms with Crippen LogP contribution in [0.15, 0.2) is 29.2 Å². The van der Waals surface area contributed by atoms with Gasteiger partial charge in [-0.05, 0) is 31.0 Å². The molecule has 0 unspecified atom stereocenters. The van der Waals surface area contributed by atoms with E-state index in [0.29, 0.717) is 22.9 Å². The van der Waals surface area contributed by atoms with E-state index in [1.54, 1.807) is 24.3 Å². The van der Waals surface area contributed by atoms with Crippen molar-refractivity contribution < 1.29 is 13.2 Å². The maximum absolute atomic E-state index is 12.1. The molecule has 0 saturated heterocycles. The minimum atomic E-state index is -3.19. The molecule has 1 rings (SSSR count). The van der Waals surface area contributed by atoms with Gasteiger partial charge in [-0.3, -0.25) is 0 Å². The van der Waals surface area contributed by atoms with Gasteiger partial charge in [-0.1, -0.05) is 18.9 Å². The Labute approximate surface area is 114 Å². The van der Waals surface area contributed by atoms with E-state index in [9.17, 15) is 8.42 Å². The number of benzene rings is 1. The van der Waals surface area contributed by atoms with Crippen LogP contribution in [0.3, 0.4) is 0 Å². The van der Waals surface area contributed by atoms with Gasteiger partial charge < -0.3 is 4.74 Å². The Kier molecular flexibility index (Phi) is 6.50. The average Bonchev–Trinajstić information content (AvgIpc) is 2.38. The number of halogens is 1. The normalized spacial score (nSPS) is 11.4. The highest BCUT2D eigenvalue weighted by Gasteiger charge is 2.14. The lowest BCUT2D eigenvalue weighted by atomic mass is 10.2. The van der Waals surface area contributed by atoms with E-state index < -0.39 is 9.84 Å². The maximum Gasteiger partial charge on any atom is 0.178 e. The molecule has 102 valence electrons. The highest BCUT2D eigenvalue weighted by atomic mass is 35.5. The van der Waals surface area contributed by atoms with Crippen LogP contribution in [0.4, 0.5) is 0 Å². The van der Waals surface area contributed by atoms with Crippen molar-refractivity contribution in [2.45, 2.75) is 30.6 Å². The van der Waals surface area contributed by atoms with Crippen LogP contribution in [-0.4, -0.2) is 27.2 Å². The van der Waals surface area contributed by atoms with E-state index in [1.165, 1.54) is 7.11 Å². The molecule has 1 aromatic carbocycles. The van der Waals surface area contributed by atoms with Crippen LogP contribution in [0.5, 0.6) is 5.75 Å². The van der Waals surface area contributed by atoms with Crippen molar-refractivity contribution in [1.29, 1.82) is 0 Å². The second kappa shape index (κ2) is 7.64. The maximum atomic E-state index is 12.1. The van der Waals surface area contributed by atoms with E-state index in [-0.39, 0.29) is 5.75 Å². The van der Waals surface area contributed by atoms with Gasteiger partial charge >= 0.3 is 0 Å². The molecular formula is C13H19ClO3S. The summed E-state index contributed by atoms with van der Waals surface area (Å²) in [7, 11) is -1.67. The first kappa shape index (κ1) is 15.3. The van der Waals surface area contributed by atoms with Crippen molar-refractivity contribution in [3.63, 3.8) is 0 Å². The molecule has 0 aliphatic rings. The van der Waals surface area contributed by atoms with Crippen LogP contribution in [0.2, 0.25) is 0 Å². The third-order valence-corrected chi connectivity index (χ3v) is 4.76. The molecule has 0 saturated carbocycles. The summed E-state index contributed by atoms with van der Waals surface area (Å²) in [5, 5.41) is 0. The van der Waals surface area contributed by atoms with E-state index in [0.717, 1.165) is 19.3 Å². The number of sulfone groups is 1. The lowest BCUT2D eigenvalue weighted by molar-refractivity contribution is 0.413. The minimum Gasteiger partial charge on any atom is -0.497 e. The molecule has 0 aromatic heterocycles. The van der Waals surface area contributed by atoms with Crippen molar-refractivity contribution in [2.75, 3.05) is 18.7 Å². The van der Waals surface area contributed by atoms with Gasteiger partial charge in [-0.15, -0.1) is 11.6 Å². The number of ether oxygens (including phenoxy) is 1. The van der Waals surface area contributed by atoms with E-state index in [4.69, 9.17) is 16.3 Å². The molecule has 0 amide bonds. The Morgan fingerprint density at radius 3 is 2.56 bits per heavy atom. The molecule has 18 heavy (non-hydrogen) atoms. The topological polar surface area (TPSA) is 43.4 Å². The second-order valence-corrected chi connectivity index (χ2v) is 6.59. The molecule has 0 heterocycles. The summed E-state index contributed by atoms with van der Waals surface area (Å²) in [4.78, 5) is 0.333. The highest BCUT2D eigenvalue weighted by molar-refractivity contribution is 7.91. The Hall–Kier alpha value is -0.740. The quantitative estimate of drug-likeness (QED) is 0.545. The van der Waals surface area contributed by atoms with Crippen LogP contribution in [0.25, 0.3) is 0 Å². The van der Waals surface area contributed by atoms with E-state index >= 15 is 0 Å². The number of alkyl halides is 1. The van der Waals surface area contributed by atoms with Gasteiger partial charge in [0, 0.05) is 5.88 Å². The summed E-state index contributed by atoms with van der Waals surface area (Å²) in [5.74, 6) is 1.39.